The zero-order valence-electron chi connectivity index (χ0n) is 17.4. The molecule has 2 amide bonds. The lowest BCUT2D eigenvalue weighted by atomic mass is 9.99. The summed E-state index contributed by atoms with van der Waals surface area (Å²) >= 11 is 0. The minimum Gasteiger partial charge on any atom is -0.361 e. The quantitative estimate of drug-likeness (QED) is 0.620. The van der Waals surface area contributed by atoms with Gasteiger partial charge in [0.25, 0.3) is 0 Å². The minimum absolute atomic E-state index is 0.102. The molecule has 0 saturated heterocycles. The number of benzene rings is 2. The molecule has 0 spiro atoms. The summed E-state index contributed by atoms with van der Waals surface area (Å²) in [7, 11) is 0. The van der Waals surface area contributed by atoms with Gasteiger partial charge in [0.1, 0.15) is 5.54 Å². The molecular formula is C25H27N3O2. The van der Waals surface area contributed by atoms with Gasteiger partial charge in [0.2, 0.25) is 11.8 Å². The van der Waals surface area contributed by atoms with Crippen LogP contribution in [0, 0.1) is 0 Å². The highest BCUT2D eigenvalue weighted by Gasteiger charge is 2.45. The van der Waals surface area contributed by atoms with E-state index in [1.54, 1.807) is 4.90 Å². The number of nitrogens with zero attached hydrogens (tertiary/aromatic N) is 1. The molecule has 0 aliphatic carbocycles. The van der Waals surface area contributed by atoms with E-state index in [-0.39, 0.29) is 17.9 Å². The Morgan fingerprint density at radius 1 is 1.10 bits per heavy atom. The van der Waals surface area contributed by atoms with Gasteiger partial charge in [0, 0.05) is 30.6 Å². The van der Waals surface area contributed by atoms with Crippen LogP contribution in [-0.4, -0.2) is 39.8 Å². The molecule has 2 aromatic carbocycles. The number of rotatable bonds is 6. The van der Waals surface area contributed by atoms with Crippen LogP contribution in [0.4, 0.5) is 0 Å². The van der Waals surface area contributed by atoms with Crippen LogP contribution in [0.1, 0.15) is 25.0 Å². The first kappa shape index (κ1) is 20.0. The number of hydrogen-bond acceptors (Lipinski definition) is 2. The highest BCUT2D eigenvalue weighted by Crippen LogP contribution is 2.30. The van der Waals surface area contributed by atoms with E-state index in [1.807, 2.05) is 73.8 Å². The SMILES string of the molecule is CC(=O)N1C(Cc2ccccc2)C=C[C@]1(C)C(=O)NCCc1c[nH]c2ccccc12. The topological polar surface area (TPSA) is 65.2 Å². The van der Waals surface area contributed by atoms with E-state index in [4.69, 9.17) is 0 Å². The molecular weight excluding hydrogens is 374 g/mol. The Hall–Kier alpha value is -3.34. The fourth-order valence-electron chi connectivity index (χ4n) is 4.40. The molecule has 30 heavy (non-hydrogen) atoms. The second-order valence-electron chi connectivity index (χ2n) is 8.02. The number of nitrogens with one attached hydrogen (secondary N) is 2. The van der Waals surface area contributed by atoms with Gasteiger partial charge in [-0.25, -0.2) is 0 Å². The maximum absolute atomic E-state index is 13.1. The van der Waals surface area contributed by atoms with Gasteiger partial charge in [0.15, 0.2) is 0 Å². The molecule has 2 atom stereocenters. The first-order valence-corrected chi connectivity index (χ1v) is 10.4. The monoisotopic (exact) mass is 401 g/mol. The van der Waals surface area contributed by atoms with Crippen LogP contribution >= 0.6 is 0 Å². The van der Waals surface area contributed by atoms with E-state index in [2.05, 4.69) is 16.4 Å². The predicted octanol–water partition coefficient (Wildman–Crippen LogP) is 3.61. The van der Waals surface area contributed by atoms with E-state index in [0.29, 0.717) is 13.0 Å². The first-order valence-electron chi connectivity index (χ1n) is 10.4. The van der Waals surface area contributed by atoms with Crippen LogP contribution in [0.25, 0.3) is 10.9 Å². The van der Waals surface area contributed by atoms with Gasteiger partial charge in [-0.1, -0.05) is 60.7 Å². The number of aromatic amines is 1. The lowest BCUT2D eigenvalue weighted by molar-refractivity contribution is -0.143. The van der Waals surface area contributed by atoms with Crippen LogP contribution in [-0.2, 0) is 22.4 Å². The third-order valence-electron chi connectivity index (χ3n) is 5.92. The molecule has 1 aromatic heterocycles. The normalized spacial score (nSPS) is 20.6. The Bertz CT molecular complexity index is 1090. The minimum atomic E-state index is -0.981. The van der Waals surface area contributed by atoms with Crippen molar-refractivity contribution < 1.29 is 9.59 Å². The summed E-state index contributed by atoms with van der Waals surface area (Å²) in [5, 5.41) is 4.21. The lowest BCUT2D eigenvalue weighted by Crippen LogP contribution is -2.58. The van der Waals surface area contributed by atoms with Crippen molar-refractivity contribution in [3.8, 4) is 0 Å². The average Bonchev–Trinajstić information content (AvgIpc) is 3.31. The molecule has 0 saturated carbocycles. The van der Waals surface area contributed by atoms with Gasteiger partial charge in [-0.05, 0) is 37.0 Å². The zero-order valence-corrected chi connectivity index (χ0v) is 17.4. The van der Waals surface area contributed by atoms with Gasteiger partial charge in [-0.3, -0.25) is 9.59 Å². The van der Waals surface area contributed by atoms with Crippen LogP contribution in [0.2, 0.25) is 0 Å². The number of amides is 2. The average molecular weight is 402 g/mol. The molecule has 4 rings (SSSR count). The zero-order chi connectivity index (χ0) is 21.1. The number of carbonyl (C=O) groups excluding carboxylic acids is 2. The van der Waals surface area contributed by atoms with E-state index in [9.17, 15) is 9.59 Å². The van der Waals surface area contributed by atoms with Crippen molar-refractivity contribution in [2.24, 2.45) is 0 Å². The second-order valence-corrected chi connectivity index (χ2v) is 8.02. The Kier molecular flexibility index (Phi) is 5.44. The van der Waals surface area contributed by atoms with Crippen molar-refractivity contribution >= 4 is 22.7 Å². The molecule has 1 aliphatic rings. The molecule has 0 bridgehead atoms. The Morgan fingerprint density at radius 3 is 2.60 bits per heavy atom. The van der Waals surface area contributed by atoms with Crippen molar-refractivity contribution in [3.63, 3.8) is 0 Å². The van der Waals surface area contributed by atoms with Gasteiger partial charge in [0.05, 0.1) is 6.04 Å². The first-order chi connectivity index (χ1) is 14.5. The van der Waals surface area contributed by atoms with E-state index in [0.717, 1.165) is 17.5 Å². The van der Waals surface area contributed by atoms with Crippen molar-refractivity contribution in [2.75, 3.05) is 6.54 Å². The summed E-state index contributed by atoms with van der Waals surface area (Å²) in [6.45, 7) is 3.86. The van der Waals surface area contributed by atoms with Crippen LogP contribution < -0.4 is 5.32 Å². The molecule has 3 aromatic rings. The van der Waals surface area contributed by atoms with Crippen molar-refractivity contribution in [1.82, 2.24) is 15.2 Å². The largest absolute Gasteiger partial charge is 0.361 e. The molecule has 2 N–H and O–H groups in total. The molecule has 5 heteroatoms. The standard InChI is InChI=1S/C25H27N3O2/c1-18(29)28-21(16-19-8-4-3-5-9-19)12-14-25(28,2)24(30)26-15-13-20-17-27-23-11-7-6-10-22(20)23/h3-12,14,17,21,27H,13,15-16H2,1-2H3,(H,26,30)/t21?,25-/m1/s1. The molecule has 154 valence electrons. The number of hydrogen-bond donors (Lipinski definition) is 2. The molecule has 1 unspecified atom stereocenters. The van der Waals surface area contributed by atoms with Gasteiger partial charge >= 0.3 is 0 Å². The maximum atomic E-state index is 13.1. The van der Waals surface area contributed by atoms with Gasteiger partial charge < -0.3 is 15.2 Å². The molecule has 1 aliphatic heterocycles. The fourth-order valence-corrected chi connectivity index (χ4v) is 4.40. The third kappa shape index (κ3) is 3.75. The summed E-state index contributed by atoms with van der Waals surface area (Å²) in [6, 6.07) is 18.0. The van der Waals surface area contributed by atoms with Gasteiger partial charge in [-0.15, -0.1) is 0 Å². The Balaban J connectivity index is 1.43. The number of H-pyrrole nitrogens is 1. The highest BCUT2D eigenvalue weighted by atomic mass is 16.2. The van der Waals surface area contributed by atoms with Crippen molar-refractivity contribution in [2.45, 2.75) is 38.3 Å². The Morgan fingerprint density at radius 2 is 1.83 bits per heavy atom. The van der Waals surface area contributed by atoms with Crippen LogP contribution in [0.5, 0.6) is 0 Å². The summed E-state index contributed by atoms with van der Waals surface area (Å²) in [5.41, 5.74) is 2.42. The molecule has 2 heterocycles. The van der Waals surface area contributed by atoms with Crippen molar-refractivity contribution in [3.05, 3.63) is 84.1 Å². The number of fused-ring (bicyclic) bond motifs is 1. The maximum Gasteiger partial charge on any atom is 0.249 e. The van der Waals surface area contributed by atoms with Crippen LogP contribution in [0.15, 0.2) is 72.9 Å². The molecule has 0 radical (unpaired) electrons. The van der Waals surface area contributed by atoms with E-state index >= 15 is 0 Å². The fraction of sp³-hybridized carbons (Fsp3) is 0.280. The third-order valence-corrected chi connectivity index (χ3v) is 5.92. The lowest BCUT2D eigenvalue weighted by Gasteiger charge is -2.37. The summed E-state index contributed by atoms with van der Waals surface area (Å²) in [6.07, 6.45) is 7.25. The Labute approximate surface area is 176 Å². The second kappa shape index (κ2) is 8.19. The smallest absolute Gasteiger partial charge is 0.249 e. The molecule has 0 fully saturated rings. The predicted molar refractivity (Wildman–Crippen MR) is 119 cm³/mol. The summed E-state index contributed by atoms with van der Waals surface area (Å²) in [4.78, 5) is 30.5. The van der Waals surface area contributed by atoms with Gasteiger partial charge in [-0.2, -0.15) is 0 Å². The molecule has 5 nitrogen and oxygen atoms in total. The van der Waals surface area contributed by atoms with E-state index in [1.165, 1.54) is 17.9 Å². The number of aromatic nitrogens is 1. The number of carbonyl (C=O) groups is 2. The van der Waals surface area contributed by atoms with Crippen LogP contribution in [0.3, 0.4) is 0 Å². The van der Waals surface area contributed by atoms with E-state index < -0.39 is 5.54 Å². The number of para-hydroxylation sites is 1. The summed E-state index contributed by atoms with van der Waals surface area (Å²) < 4.78 is 0. The van der Waals surface area contributed by atoms with Crippen molar-refractivity contribution in [1.29, 1.82) is 0 Å². The summed E-state index contributed by atoms with van der Waals surface area (Å²) in [5.74, 6) is -0.250. The highest BCUT2D eigenvalue weighted by molar-refractivity contribution is 5.94.